The quantitative estimate of drug-likeness (QED) is 0.461. The smallest absolute Gasteiger partial charge is 0.281 e. The van der Waals surface area contributed by atoms with Crippen LogP contribution in [0.1, 0.15) is 42.6 Å². The van der Waals surface area contributed by atoms with E-state index in [9.17, 15) is 18.7 Å². The summed E-state index contributed by atoms with van der Waals surface area (Å²) in [5.74, 6) is -0.312. The van der Waals surface area contributed by atoms with E-state index < -0.39 is 29.0 Å². The number of benzene rings is 1. The number of amides is 1. The van der Waals surface area contributed by atoms with Crippen LogP contribution in [0.15, 0.2) is 41.1 Å². The SMILES string of the molecule is NC(=O)C1(c2cc3c(-c4nc5ccc([C@]6(O)CCOC6)cc5o4)cnc(C(F)F)c3cn2)CC1. The Hall–Kier alpha value is -3.50. The first-order valence-corrected chi connectivity index (χ1v) is 10.9. The molecule has 1 amide bonds. The molecule has 6 rings (SSSR count). The molecule has 1 atom stereocenters. The molecule has 0 bridgehead atoms. The normalized spacial score (nSPS) is 21.5. The van der Waals surface area contributed by atoms with Crippen molar-refractivity contribution in [2.75, 3.05) is 13.2 Å². The highest BCUT2D eigenvalue weighted by atomic mass is 19.3. The Bertz CT molecular complexity index is 1460. The number of carbonyl (C=O) groups is 1. The number of ether oxygens (including phenoxy) is 1. The van der Waals surface area contributed by atoms with Crippen LogP contribution >= 0.6 is 0 Å². The third-order valence-electron chi connectivity index (χ3n) is 6.88. The summed E-state index contributed by atoms with van der Waals surface area (Å²) in [4.78, 5) is 24.8. The van der Waals surface area contributed by atoms with Crippen LogP contribution in [-0.4, -0.2) is 39.2 Å². The number of aromatic nitrogens is 3. The number of aliphatic hydroxyl groups is 1. The number of nitrogens with zero attached hydrogens (tertiary/aromatic N) is 3. The van der Waals surface area contributed by atoms with E-state index in [0.29, 0.717) is 59.2 Å². The van der Waals surface area contributed by atoms with Crippen LogP contribution in [0.3, 0.4) is 0 Å². The summed E-state index contributed by atoms with van der Waals surface area (Å²) in [6.45, 7) is 0.661. The highest BCUT2D eigenvalue weighted by Crippen LogP contribution is 2.48. The molecule has 3 aromatic heterocycles. The Morgan fingerprint density at radius 2 is 1.94 bits per heavy atom. The maximum atomic E-state index is 13.7. The number of nitrogens with two attached hydrogens (primary N) is 1. The van der Waals surface area contributed by atoms with Crippen molar-refractivity contribution in [1.29, 1.82) is 0 Å². The number of carbonyl (C=O) groups excluding carboxylic acids is 1. The number of pyridine rings is 2. The van der Waals surface area contributed by atoms with Gasteiger partial charge in [-0.15, -0.1) is 0 Å². The summed E-state index contributed by atoms with van der Waals surface area (Å²) in [6, 6.07) is 6.82. The predicted molar refractivity (Wildman–Crippen MR) is 117 cm³/mol. The minimum absolute atomic E-state index is 0.150. The molecule has 1 aliphatic carbocycles. The van der Waals surface area contributed by atoms with E-state index >= 15 is 0 Å². The zero-order valence-corrected chi connectivity index (χ0v) is 17.9. The van der Waals surface area contributed by atoms with E-state index in [4.69, 9.17) is 14.9 Å². The van der Waals surface area contributed by atoms with E-state index in [1.54, 1.807) is 24.3 Å². The van der Waals surface area contributed by atoms with Crippen molar-refractivity contribution in [2.24, 2.45) is 5.73 Å². The van der Waals surface area contributed by atoms with Crippen LogP contribution < -0.4 is 5.73 Å². The molecule has 2 fully saturated rings. The summed E-state index contributed by atoms with van der Waals surface area (Å²) in [7, 11) is 0. The van der Waals surface area contributed by atoms with Crippen LogP contribution in [-0.2, 0) is 20.5 Å². The Morgan fingerprint density at radius 1 is 1.12 bits per heavy atom. The van der Waals surface area contributed by atoms with Gasteiger partial charge in [-0.2, -0.15) is 0 Å². The molecule has 34 heavy (non-hydrogen) atoms. The highest BCUT2D eigenvalue weighted by Gasteiger charge is 2.51. The van der Waals surface area contributed by atoms with Gasteiger partial charge < -0.3 is 20.0 Å². The van der Waals surface area contributed by atoms with Gasteiger partial charge in [0.15, 0.2) is 5.58 Å². The van der Waals surface area contributed by atoms with Crippen molar-refractivity contribution in [1.82, 2.24) is 15.0 Å². The molecule has 1 saturated carbocycles. The van der Waals surface area contributed by atoms with Gasteiger partial charge in [0, 0.05) is 36.2 Å². The molecule has 0 radical (unpaired) electrons. The molecule has 4 heterocycles. The lowest BCUT2D eigenvalue weighted by molar-refractivity contribution is -0.120. The van der Waals surface area contributed by atoms with Gasteiger partial charge in [-0.25, -0.2) is 13.8 Å². The molecule has 1 saturated heterocycles. The minimum atomic E-state index is -2.81. The number of rotatable bonds is 5. The molecule has 4 aromatic rings. The van der Waals surface area contributed by atoms with Gasteiger partial charge in [0.25, 0.3) is 6.43 Å². The zero-order valence-electron chi connectivity index (χ0n) is 17.9. The van der Waals surface area contributed by atoms with Crippen LogP contribution in [0.25, 0.3) is 33.3 Å². The summed E-state index contributed by atoms with van der Waals surface area (Å²) in [6.07, 6.45) is 1.38. The third-order valence-corrected chi connectivity index (χ3v) is 6.88. The monoisotopic (exact) mass is 466 g/mol. The fourth-order valence-electron chi connectivity index (χ4n) is 4.63. The molecule has 174 valence electrons. The average molecular weight is 466 g/mol. The van der Waals surface area contributed by atoms with E-state index in [1.807, 2.05) is 0 Å². The van der Waals surface area contributed by atoms with E-state index in [-0.39, 0.29) is 17.9 Å². The summed E-state index contributed by atoms with van der Waals surface area (Å²) < 4.78 is 38.7. The van der Waals surface area contributed by atoms with Gasteiger partial charge in [0.05, 0.1) is 23.3 Å². The lowest BCUT2D eigenvalue weighted by Crippen LogP contribution is -2.29. The number of primary amides is 1. The predicted octanol–water partition coefficient (Wildman–Crippen LogP) is 3.50. The average Bonchev–Trinajstić information content (AvgIpc) is 3.35. The topological polar surface area (TPSA) is 124 Å². The molecule has 8 nitrogen and oxygen atoms in total. The lowest BCUT2D eigenvalue weighted by atomic mass is 9.93. The van der Waals surface area contributed by atoms with Gasteiger partial charge >= 0.3 is 0 Å². The van der Waals surface area contributed by atoms with Gasteiger partial charge in [-0.05, 0) is 36.6 Å². The Kier molecular flexibility index (Phi) is 4.49. The van der Waals surface area contributed by atoms with E-state index in [1.165, 1.54) is 12.4 Å². The molecule has 1 aromatic carbocycles. The van der Waals surface area contributed by atoms with E-state index in [2.05, 4.69) is 15.0 Å². The second-order valence-corrected chi connectivity index (χ2v) is 8.95. The van der Waals surface area contributed by atoms with Crippen molar-refractivity contribution in [3.63, 3.8) is 0 Å². The molecular formula is C24H20F2N4O4. The van der Waals surface area contributed by atoms with Gasteiger partial charge in [-0.3, -0.25) is 14.8 Å². The Labute approximate surface area is 191 Å². The summed E-state index contributed by atoms with van der Waals surface area (Å²) in [5.41, 5.74) is 5.65. The lowest BCUT2D eigenvalue weighted by Gasteiger charge is -2.20. The second kappa shape index (κ2) is 7.25. The number of hydrogen-bond donors (Lipinski definition) is 2. The Balaban J connectivity index is 1.52. The number of fused-ring (bicyclic) bond motifs is 2. The number of hydrogen-bond acceptors (Lipinski definition) is 7. The summed E-state index contributed by atoms with van der Waals surface area (Å²) in [5, 5.41) is 11.4. The van der Waals surface area contributed by atoms with Crippen LogP contribution in [0.2, 0.25) is 0 Å². The van der Waals surface area contributed by atoms with Gasteiger partial charge in [0.1, 0.15) is 16.8 Å². The van der Waals surface area contributed by atoms with Crippen LogP contribution in [0.4, 0.5) is 8.78 Å². The van der Waals surface area contributed by atoms with E-state index in [0.717, 1.165) is 0 Å². The highest BCUT2D eigenvalue weighted by molar-refractivity contribution is 5.98. The number of oxazole rings is 1. The third kappa shape index (κ3) is 3.09. The zero-order chi connectivity index (χ0) is 23.7. The molecule has 10 heteroatoms. The number of halogens is 2. The fraction of sp³-hybridized carbons (Fsp3) is 0.333. The molecule has 1 aliphatic heterocycles. The first-order valence-electron chi connectivity index (χ1n) is 10.9. The molecule has 3 N–H and O–H groups in total. The van der Waals surface area contributed by atoms with Crippen molar-refractivity contribution in [2.45, 2.75) is 36.7 Å². The molecule has 2 aliphatic rings. The van der Waals surface area contributed by atoms with Crippen molar-refractivity contribution < 1.29 is 27.8 Å². The van der Waals surface area contributed by atoms with Crippen molar-refractivity contribution >= 4 is 27.8 Å². The van der Waals surface area contributed by atoms with Crippen molar-refractivity contribution in [3.05, 3.63) is 53.6 Å². The maximum absolute atomic E-state index is 13.7. The maximum Gasteiger partial charge on any atom is 0.281 e. The number of alkyl halides is 2. The van der Waals surface area contributed by atoms with Gasteiger partial charge in [-0.1, -0.05) is 6.07 Å². The van der Waals surface area contributed by atoms with Crippen molar-refractivity contribution in [3.8, 4) is 11.5 Å². The first kappa shape index (κ1) is 21.1. The fourth-order valence-corrected chi connectivity index (χ4v) is 4.63. The second-order valence-electron chi connectivity index (χ2n) is 8.95. The minimum Gasteiger partial charge on any atom is -0.436 e. The van der Waals surface area contributed by atoms with Crippen LogP contribution in [0.5, 0.6) is 0 Å². The molecule has 0 unspecified atom stereocenters. The summed E-state index contributed by atoms with van der Waals surface area (Å²) >= 11 is 0. The Morgan fingerprint density at radius 3 is 2.62 bits per heavy atom. The first-order chi connectivity index (χ1) is 16.3. The largest absolute Gasteiger partial charge is 0.436 e. The molecular weight excluding hydrogens is 446 g/mol. The van der Waals surface area contributed by atoms with Crippen LogP contribution in [0, 0.1) is 0 Å². The standard InChI is InChI=1S/C24H20F2N4O4/c25-20(26)19-14-9-28-18(23(3-4-23)22(27)31)8-13(14)15(10-29-19)21-30-16-2-1-12(7-17(16)34-21)24(32)5-6-33-11-24/h1-2,7-10,20,32H,3-6,11H2,(H2,27,31)/t24-/m0/s1. The van der Waals surface area contributed by atoms with Gasteiger partial charge in [0.2, 0.25) is 11.8 Å². The molecule has 0 spiro atoms.